The molecule has 0 saturated carbocycles. The third kappa shape index (κ3) is 128. The Kier molecular flexibility index (Phi) is 50.5. The van der Waals surface area contributed by atoms with E-state index in [1.165, 1.54) is 12.3 Å². The fourth-order valence-corrected chi connectivity index (χ4v) is 0. The Morgan fingerprint density at radius 3 is 1.20 bits per heavy atom. The van der Waals surface area contributed by atoms with Gasteiger partial charge in [-0.2, -0.15) is 34.1 Å². The zero-order valence-electron chi connectivity index (χ0n) is 8.78. The molecule has 0 aliphatic heterocycles. The largest absolute Gasteiger partial charge is 1.00 e. The molecule has 0 N–H and O–H groups in total. The maximum Gasteiger partial charge on any atom is 1.00 e. The van der Waals surface area contributed by atoms with Gasteiger partial charge in [-0.1, -0.05) is 6.92 Å². The molecule has 0 aromatic rings. The molecule has 0 unspecified atom stereocenters. The molecule has 0 nitrogen and oxygen atoms in total. The van der Waals surface area contributed by atoms with Crippen LogP contribution in [0.1, 0.15) is 41.0 Å². The van der Waals surface area contributed by atoms with Crippen molar-refractivity contribution < 1.29 is 37.7 Å². The van der Waals surface area contributed by atoms with Gasteiger partial charge in [0.05, 0.1) is 0 Å². The average Bonchev–Trinajstić information content (AvgIpc) is 1.65. The van der Waals surface area contributed by atoms with Crippen molar-refractivity contribution in [3.8, 4) is 0 Å². The summed E-state index contributed by atoms with van der Waals surface area (Å²) in [5, 5.41) is 0. The van der Waals surface area contributed by atoms with E-state index in [1.807, 2.05) is 0 Å². The van der Waals surface area contributed by atoms with Gasteiger partial charge in [-0.15, -0.1) is 0 Å². The quantitative estimate of drug-likeness (QED) is 0.265. The van der Waals surface area contributed by atoms with Crippen molar-refractivity contribution in [3.05, 3.63) is 12.3 Å². The number of rotatable bonds is 1. The molecule has 0 bridgehead atoms. The summed E-state index contributed by atoms with van der Waals surface area (Å²) in [5.74, 6) is 1.42. The van der Waals surface area contributed by atoms with Crippen LogP contribution in [0.5, 0.6) is 0 Å². The molecular weight excluding hydrogens is 110 g/mol. The molecule has 0 spiro atoms. The molecule has 52 valence electrons. The van der Waals surface area contributed by atoms with E-state index >= 15 is 0 Å². The minimum absolute atomic E-state index is 0. The normalized spacial score (nSPS) is 6.60. The zero-order valence-corrected chi connectivity index (χ0v) is 8.78. The van der Waals surface area contributed by atoms with Crippen molar-refractivity contribution >= 4 is 0 Å². The van der Waals surface area contributed by atoms with Crippen molar-refractivity contribution in [2.75, 3.05) is 0 Å². The second-order valence-corrected chi connectivity index (χ2v) is 2.32. The number of hydrogen-bond donors (Lipinski definition) is 0. The van der Waals surface area contributed by atoms with Crippen LogP contribution in [0.15, 0.2) is 0 Å². The maximum atomic E-state index is 2.12. The Morgan fingerprint density at radius 1 is 1.10 bits per heavy atom. The average molecular weight is 128 g/mol. The standard InChI is InChI=1S/2C4H9.2Li/c1-4(2)3;1-3-4-2;;/h1-3H3;3H,4H2,1-2H3;;/q2*-1;2*+1. The minimum atomic E-state index is 0. The monoisotopic (exact) mass is 128 g/mol. The predicted molar refractivity (Wildman–Crippen MR) is 40.5 cm³/mol. The maximum absolute atomic E-state index is 2.12. The summed E-state index contributed by atoms with van der Waals surface area (Å²) < 4.78 is 0. The van der Waals surface area contributed by atoms with Gasteiger partial charge >= 0.3 is 37.7 Å². The summed E-state index contributed by atoms with van der Waals surface area (Å²) in [7, 11) is 0. The first-order chi connectivity index (χ1) is 3.65. The van der Waals surface area contributed by atoms with Gasteiger partial charge in [-0.3, -0.25) is 0 Å². The Bertz CT molecular complexity index is 23.7. The SMILES string of the molecule is C[C-](C)C.C[CH-]CC.[Li+].[Li+]. The molecule has 0 heterocycles. The fourth-order valence-electron chi connectivity index (χ4n) is 0. The molecule has 2 heteroatoms. The van der Waals surface area contributed by atoms with Crippen LogP contribution < -0.4 is 37.7 Å². The smallest absolute Gasteiger partial charge is 0.332 e. The molecule has 0 fully saturated rings. The molecule has 0 amide bonds. The molecule has 0 atom stereocenters. The van der Waals surface area contributed by atoms with E-state index < -0.39 is 0 Å². The third-order valence-electron chi connectivity index (χ3n) is 0.408. The van der Waals surface area contributed by atoms with Crippen molar-refractivity contribution in [1.82, 2.24) is 0 Å². The van der Waals surface area contributed by atoms with E-state index in [0.717, 1.165) is 0 Å². The molecule has 0 saturated heterocycles. The van der Waals surface area contributed by atoms with Crippen molar-refractivity contribution in [3.63, 3.8) is 0 Å². The van der Waals surface area contributed by atoms with Gasteiger partial charge < -0.3 is 12.3 Å². The van der Waals surface area contributed by atoms with Crippen LogP contribution in [0.2, 0.25) is 0 Å². The second kappa shape index (κ2) is 22.5. The van der Waals surface area contributed by atoms with Gasteiger partial charge in [-0.05, 0) is 0 Å². The Balaban J connectivity index is -0.0000000300. The van der Waals surface area contributed by atoms with E-state index in [2.05, 4.69) is 41.0 Å². The van der Waals surface area contributed by atoms with E-state index in [9.17, 15) is 0 Å². The van der Waals surface area contributed by atoms with Crippen molar-refractivity contribution in [1.29, 1.82) is 0 Å². The van der Waals surface area contributed by atoms with Crippen LogP contribution in [-0.2, 0) is 0 Å². The van der Waals surface area contributed by atoms with E-state index in [-0.39, 0.29) is 37.7 Å². The summed E-state index contributed by atoms with van der Waals surface area (Å²) in [4.78, 5) is 0. The van der Waals surface area contributed by atoms with Gasteiger partial charge in [0.1, 0.15) is 0 Å². The van der Waals surface area contributed by atoms with Gasteiger partial charge in [0.15, 0.2) is 0 Å². The Morgan fingerprint density at radius 2 is 1.20 bits per heavy atom. The van der Waals surface area contributed by atoms with E-state index in [1.54, 1.807) is 0 Å². The topological polar surface area (TPSA) is 0 Å². The molecule has 0 aliphatic rings. The van der Waals surface area contributed by atoms with Crippen LogP contribution in [0.3, 0.4) is 0 Å². The van der Waals surface area contributed by atoms with E-state index in [4.69, 9.17) is 0 Å². The summed E-state index contributed by atoms with van der Waals surface area (Å²) >= 11 is 0. The predicted octanol–water partition coefficient (Wildman–Crippen LogP) is -2.75. The Labute approximate surface area is 90.9 Å². The van der Waals surface area contributed by atoms with Crippen LogP contribution in [0.25, 0.3) is 0 Å². The molecule has 0 aromatic carbocycles. The first kappa shape index (κ1) is 22.5. The summed E-state index contributed by atoms with van der Waals surface area (Å²) in [6, 6.07) is 0. The van der Waals surface area contributed by atoms with Gasteiger partial charge in [0.2, 0.25) is 0 Å². The molecule has 0 radical (unpaired) electrons. The Hall–Kier alpha value is 1.19. The minimum Gasteiger partial charge on any atom is -0.332 e. The third-order valence-corrected chi connectivity index (χ3v) is 0.408. The summed E-state index contributed by atoms with van der Waals surface area (Å²) in [5.41, 5.74) is 0. The zero-order chi connectivity index (χ0) is 6.99. The number of unbranched alkanes of at least 4 members (excludes halogenated alkanes) is 1. The van der Waals surface area contributed by atoms with Gasteiger partial charge in [-0.25, -0.2) is 0 Å². The van der Waals surface area contributed by atoms with Crippen LogP contribution in [0.4, 0.5) is 0 Å². The van der Waals surface area contributed by atoms with Crippen LogP contribution in [0, 0.1) is 12.3 Å². The van der Waals surface area contributed by atoms with Crippen LogP contribution in [-0.4, -0.2) is 0 Å². The summed E-state index contributed by atoms with van der Waals surface area (Å²) in [6.07, 6.45) is 3.32. The molecule has 0 aromatic heterocycles. The number of hydrogen-bond acceptors (Lipinski definition) is 0. The van der Waals surface area contributed by atoms with Crippen molar-refractivity contribution in [2.45, 2.75) is 41.0 Å². The van der Waals surface area contributed by atoms with Crippen LogP contribution >= 0.6 is 0 Å². The molecular formula is C8H18Li2. The molecule has 0 aliphatic carbocycles. The van der Waals surface area contributed by atoms with Gasteiger partial charge in [0, 0.05) is 0 Å². The second-order valence-electron chi connectivity index (χ2n) is 2.32. The van der Waals surface area contributed by atoms with Gasteiger partial charge in [0.25, 0.3) is 0 Å². The first-order valence-corrected chi connectivity index (χ1v) is 3.19. The van der Waals surface area contributed by atoms with E-state index in [0.29, 0.717) is 0 Å². The van der Waals surface area contributed by atoms with Crippen molar-refractivity contribution in [2.24, 2.45) is 0 Å². The summed E-state index contributed by atoms with van der Waals surface area (Å²) in [6.45, 7) is 10.4. The first-order valence-electron chi connectivity index (χ1n) is 3.19. The fraction of sp³-hybridized carbons (Fsp3) is 0.750. The molecule has 10 heavy (non-hydrogen) atoms. The molecule has 0 rings (SSSR count).